The van der Waals surface area contributed by atoms with E-state index in [1.165, 1.54) is 0 Å². The van der Waals surface area contributed by atoms with Gasteiger partial charge in [0.15, 0.2) is 5.58 Å². The number of halogens is 1. The molecule has 0 aliphatic rings. The Balaban J connectivity index is 2.05. The highest BCUT2D eigenvalue weighted by Crippen LogP contribution is 2.20. The van der Waals surface area contributed by atoms with E-state index in [0.29, 0.717) is 23.7 Å². The Morgan fingerprint density at radius 1 is 1.20 bits per heavy atom. The number of aromatic nitrogens is 1. The second-order valence-corrected chi connectivity index (χ2v) is 4.96. The fourth-order valence-corrected chi connectivity index (χ4v) is 2.44. The summed E-state index contributed by atoms with van der Waals surface area (Å²) in [6.07, 6.45) is 0. The molecule has 5 heteroatoms. The molecule has 2 aromatic carbocycles. The van der Waals surface area contributed by atoms with Crippen LogP contribution in [0.1, 0.15) is 11.1 Å². The van der Waals surface area contributed by atoms with Crippen LogP contribution in [0.25, 0.3) is 11.1 Å². The summed E-state index contributed by atoms with van der Waals surface area (Å²) in [6, 6.07) is 12.9. The molecule has 1 heterocycles. The van der Waals surface area contributed by atoms with Crippen molar-refractivity contribution in [2.45, 2.75) is 13.1 Å². The Morgan fingerprint density at radius 2 is 2.00 bits per heavy atom. The standard InChI is InChI=1S/C15H13ClN2O2/c16-12-7-10(8-17)5-6-11(12)9-18-13-3-1-2-4-14(13)20-15(18)19/h1-7H,8-9,17H2. The summed E-state index contributed by atoms with van der Waals surface area (Å²) in [5.41, 5.74) is 8.73. The minimum absolute atomic E-state index is 0.375. The van der Waals surface area contributed by atoms with E-state index >= 15 is 0 Å². The smallest absolute Gasteiger partial charge is 0.408 e. The number of benzene rings is 2. The average Bonchev–Trinajstić information content (AvgIpc) is 2.77. The molecule has 0 aliphatic heterocycles. The number of fused-ring (bicyclic) bond motifs is 1. The number of nitrogens with zero attached hydrogens (tertiary/aromatic N) is 1. The lowest BCUT2D eigenvalue weighted by Crippen LogP contribution is -2.15. The lowest BCUT2D eigenvalue weighted by atomic mass is 10.1. The second-order valence-electron chi connectivity index (χ2n) is 4.55. The Morgan fingerprint density at radius 3 is 2.75 bits per heavy atom. The highest BCUT2D eigenvalue weighted by molar-refractivity contribution is 6.31. The first kappa shape index (κ1) is 13.0. The van der Waals surface area contributed by atoms with Crippen LogP contribution in [-0.4, -0.2) is 4.57 Å². The van der Waals surface area contributed by atoms with Crippen LogP contribution in [0.3, 0.4) is 0 Å². The Bertz CT molecular complexity index is 820. The van der Waals surface area contributed by atoms with Gasteiger partial charge in [-0.3, -0.25) is 4.57 Å². The van der Waals surface area contributed by atoms with Crippen LogP contribution < -0.4 is 11.5 Å². The van der Waals surface area contributed by atoms with Crippen LogP contribution in [-0.2, 0) is 13.1 Å². The zero-order valence-electron chi connectivity index (χ0n) is 10.7. The summed E-state index contributed by atoms with van der Waals surface area (Å²) in [5, 5.41) is 0.602. The van der Waals surface area contributed by atoms with Gasteiger partial charge in [-0.05, 0) is 29.3 Å². The molecular formula is C15H13ClN2O2. The fourth-order valence-electron chi connectivity index (χ4n) is 2.18. The minimum Gasteiger partial charge on any atom is -0.408 e. The fraction of sp³-hybridized carbons (Fsp3) is 0.133. The lowest BCUT2D eigenvalue weighted by Gasteiger charge is -2.07. The largest absolute Gasteiger partial charge is 0.420 e. The van der Waals surface area contributed by atoms with E-state index in [0.717, 1.165) is 16.6 Å². The summed E-state index contributed by atoms with van der Waals surface area (Å²) >= 11 is 6.23. The predicted molar refractivity (Wildman–Crippen MR) is 78.9 cm³/mol. The third-order valence-corrected chi connectivity index (χ3v) is 3.61. The molecule has 0 radical (unpaired) electrons. The number of nitrogens with two attached hydrogens (primary N) is 1. The van der Waals surface area contributed by atoms with Crippen LogP contribution in [0.15, 0.2) is 51.7 Å². The first-order chi connectivity index (χ1) is 9.69. The summed E-state index contributed by atoms with van der Waals surface area (Å²) in [6.45, 7) is 0.814. The van der Waals surface area contributed by atoms with Crippen molar-refractivity contribution in [2.24, 2.45) is 5.73 Å². The molecule has 0 unspecified atom stereocenters. The van der Waals surface area contributed by atoms with Crippen molar-refractivity contribution >= 4 is 22.7 Å². The van der Waals surface area contributed by atoms with E-state index < -0.39 is 0 Å². The maximum absolute atomic E-state index is 11.9. The topological polar surface area (TPSA) is 61.2 Å². The van der Waals surface area contributed by atoms with Gasteiger partial charge in [-0.25, -0.2) is 4.79 Å². The highest BCUT2D eigenvalue weighted by Gasteiger charge is 2.10. The number of rotatable bonds is 3. The maximum atomic E-state index is 11.9. The van der Waals surface area contributed by atoms with Crippen molar-refractivity contribution in [3.8, 4) is 0 Å². The summed E-state index contributed by atoms with van der Waals surface area (Å²) in [7, 11) is 0. The van der Waals surface area contributed by atoms with Gasteiger partial charge in [0.05, 0.1) is 12.1 Å². The van der Waals surface area contributed by atoms with Gasteiger partial charge < -0.3 is 10.2 Å². The van der Waals surface area contributed by atoms with Crippen LogP contribution in [0.4, 0.5) is 0 Å². The van der Waals surface area contributed by atoms with E-state index in [1.54, 1.807) is 10.6 Å². The molecule has 0 amide bonds. The zero-order chi connectivity index (χ0) is 14.1. The zero-order valence-corrected chi connectivity index (χ0v) is 11.4. The van der Waals surface area contributed by atoms with Crippen LogP contribution in [0.5, 0.6) is 0 Å². The molecule has 0 atom stereocenters. The SMILES string of the molecule is NCc1ccc(Cn2c(=O)oc3ccccc32)c(Cl)c1. The molecule has 4 nitrogen and oxygen atoms in total. The third kappa shape index (κ3) is 2.24. The second kappa shape index (κ2) is 5.15. The molecule has 3 rings (SSSR count). The Hall–Kier alpha value is -2.04. The van der Waals surface area contributed by atoms with Gasteiger partial charge in [-0.15, -0.1) is 0 Å². The van der Waals surface area contributed by atoms with E-state index in [9.17, 15) is 4.79 Å². The normalized spacial score (nSPS) is 11.1. The highest BCUT2D eigenvalue weighted by atomic mass is 35.5. The molecule has 0 spiro atoms. The van der Waals surface area contributed by atoms with Gasteiger partial charge >= 0.3 is 5.76 Å². The summed E-state index contributed by atoms with van der Waals surface area (Å²) in [4.78, 5) is 11.9. The first-order valence-electron chi connectivity index (χ1n) is 6.25. The maximum Gasteiger partial charge on any atom is 0.420 e. The van der Waals surface area contributed by atoms with Crippen LogP contribution in [0.2, 0.25) is 5.02 Å². The van der Waals surface area contributed by atoms with Crippen molar-refractivity contribution in [1.29, 1.82) is 0 Å². The molecule has 1 aromatic heterocycles. The molecule has 102 valence electrons. The summed E-state index contributed by atoms with van der Waals surface area (Å²) in [5.74, 6) is -0.384. The molecule has 2 N–H and O–H groups in total. The number of para-hydroxylation sites is 2. The monoisotopic (exact) mass is 288 g/mol. The Kier molecular flexibility index (Phi) is 3.34. The van der Waals surface area contributed by atoms with Crippen molar-refractivity contribution in [2.75, 3.05) is 0 Å². The molecule has 0 fully saturated rings. The molecule has 3 aromatic rings. The van der Waals surface area contributed by atoms with E-state index in [4.69, 9.17) is 21.8 Å². The van der Waals surface area contributed by atoms with Gasteiger partial charge in [-0.1, -0.05) is 35.9 Å². The number of hydrogen-bond donors (Lipinski definition) is 1. The lowest BCUT2D eigenvalue weighted by molar-refractivity contribution is 0.517. The number of oxazole rings is 1. The van der Waals surface area contributed by atoms with Gasteiger partial charge in [0.1, 0.15) is 0 Å². The molecule has 20 heavy (non-hydrogen) atoms. The minimum atomic E-state index is -0.384. The van der Waals surface area contributed by atoms with Crippen LogP contribution in [0, 0.1) is 0 Å². The molecule has 0 saturated carbocycles. The van der Waals surface area contributed by atoms with Gasteiger partial charge in [0.2, 0.25) is 0 Å². The quantitative estimate of drug-likeness (QED) is 0.806. The van der Waals surface area contributed by atoms with Gasteiger partial charge in [0.25, 0.3) is 0 Å². The van der Waals surface area contributed by atoms with Crippen LogP contribution >= 0.6 is 11.6 Å². The van der Waals surface area contributed by atoms with Gasteiger partial charge in [-0.2, -0.15) is 0 Å². The van der Waals surface area contributed by atoms with Crippen molar-refractivity contribution in [1.82, 2.24) is 4.57 Å². The van der Waals surface area contributed by atoms with E-state index in [2.05, 4.69) is 0 Å². The van der Waals surface area contributed by atoms with E-state index in [1.807, 2.05) is 36.4 Å². The third-order valence-electron chi connectivity index (χ3n) is 3.26. The number of hydrogen-bond acceptors (Lipinski definition) is 3. The molecular weight excluding hydrogens is 276 g/mol. The van der Waals surface area contributed by atoms with E-state index in [-0.39, 0.29) is 5.76 Å². The van der Waals surface area contributed by atoms with Crippen molar-refractivity contribution < 1.29 is 4.42 Å². The van der Waals surface area contributed by atoms with Crippen molar-refractivity contribution in [3.05, 3.63) is 69.2 Å². The Labute approximate surface area is 120 Å². The van der Waals surface area contributed by atoms with Crippen molar-refractivity contribution in [3.63, 3.8) is 0 Å². The van der Waals surface area contributed by atoms with Gasteiger partial charge in [0, 0.05) is 11.6 Å². The molecule has 0 saturated heterocycles. The summed E-state index contributed by atoms with van der Waals surface area (Å²) < 4.78 is 6.77. The predicted octanol–water partition coefficient (Wildman–Crippen LogP) is 2.75. The molecule has 0 aliphatic carbocycles. The molecule has 0 bridgehead atoms. The first-order valence-corrected chi connectivity index (χ1v) is 6.62. The average molecular weight is 289 g/mol.